The Bertz CT molecular complexity index is 711. The van der Waals surface area contributed by atoms with Gasteiger partial charge in [-0.1, -0.05) is 37.3 Å². The number of carbonyl (C=O) groups excluding carboxylic acids is 1. The van der Waals surface area contributed by atoms with Gasteiger partial charge in [-0.05, 0) is 44.8 Å². The van der Waals surface area contributed by atoms with Gasteiger partial charge in [-0.25, -0.2) is 4.98 Å². The van der Waals surface area contributed by atoms with Crippen LogP contribution in [0, 0.1) is 6.92 Å². The van der Waals surface area contributed by atoms with Crippen molar-refractivity contribution in [1.82, 2.24) is 14.8 Å². The van der Waals surface area contributed by atoms with E-state index in [2.05, 4.69) is 40.2 Å². The Balaban J connectivity index is 1.49. The molecule has 1 aliphatic rings. The molecule has 0 unspecified atom stereocenters. The van der Waals surface area contributed by atoms with Crippen LogP contribution in [-0.2, 0) is 12.8 Å². The van der Waals surface area contributed by atoms with E-state index >= 15 is 0 Å². The van der Waals surface area contributed by atoms with Crippen LogP contribution in [0.15, 0.2) is 34.7 Å². The van der Waals surface area contributed by atoms with E-state index in [4.69, 9.17) is 4.42 Å². The van der Waals surface area contributed by atoms with Gasteiger partial charge in [-0.3, -0.25) is 4.79 Å². The number of hydrogen-bond acceptors (Lipinski definition) is 4. The minimum atomic E-state index is -0.0131. The molecule has 5 nitrogen and oxygen atoms in total. The van der Waals surface area contributed by atoms with Gasteiger partial charge in [0.05, 0.1) is 5.69 Å². The summed E-state index contributed by atoms with van der Waals surface area (Å²) in [5.74, 6) is 1.04. The molecule has 1 amide bonds. The topological polar surface area (TPSA) is 49.6 Å². The molecule has 0 bridgehead atoms. The Kier molecular flexibility index (Phi) is 6.45. The average Bonchev–Trinajstić information content (AvgIpc) is 2.88. The van der Waals surface area contributed by atoms with Crippen LogP contribution in [0.25, 0.3) is 0 Å². The molecule has 140 valence electrons. The molecule has 2 aromatic rings. The highest BCUT2D eigenvalue weighted by molar-refractivity contribution is 5.92. The standard InChI is InChI=1S/C21H29N3O2/c1-3-19-22-17(2)20(26-19)21(25)24-14-8-13-23(15-16-24)12-7-11-18-9-5-4-6-10-18/h4-6,9-10H,3,7-8,11-16H2,1-2H3. The maximum atomic E-state index is 12.8. The molecule has 0 saturated carbocycles. The van der Waals surface area contributed by atoms with E-state index in [0.717, 1.165) is 52.0 Å². The quantitative estimate of drug-likeness (QED) is 0.797. The number of amides is 1. The summed E-state index contributed by atoms with van der Waals surface area (Å²) in [6.45, 7) is 8.44. The number of carbonyl (C=O) groups is 1. The summed E-state index contributed by atoms with van der Waals surface area (Å²) in [5, 5.41) is 0. The summed E-state index contributed by atoms with van der Waals surface area (Å²) in [7, 11) is 0. The second kappa shape index (κ2) is 8.99. The smallest absolute Gasteiger partial charge is 0.291 e. The summed E-state index contributed by atoms with van der Waals surface area (Å²) < 4.78 is 5.64. The van der Waals surface area contributed by atoms with Gasteiger partial charge in [-0.15, -0.1) is 0 Å². The van der Waals surface area contributed by atoms with E-state index in [0.29, 0.717) is 23.8 Å². The number of oxazole rings is 1. The monoisotopic (exact) mass is 355 g/mol. The second-order valence-electron chi connectivity index (χ2n) is 6.95. The van der Waals surface area contributed by atoms with E-state index in [9.17, 15) is 4.79 Å². The van der Waals surface area contributed by atoms with Gasteiger partial charge in [0.15, 0.2) is 5.89 Å². The minimum absolute atomic E-state index is 0.0131. The van der Waals surface area contributed by atoms with Gasteiger partial charge in [0.1, 0.15) is 0 Å². The van der Waals surface area contributed by atoms with Crippen molar-refractivity contribution in [2.24, 2.45) is 0 Å². The fraction of sp³-hybridized carbons (Fsp3) is 0.524. The maximum absolute atomic E-state index is 12.8. The molecule has 0 N–H and O–H groups in total. The van der Waals surface area contributed by atoms with Crippen LogP contribution in [-0.4, -0.2) is 53.4 Å². The molecule has 3 rings (SSSR count). The van der Waals surface area contributed by atoms with Crippen molar-refractivity contribution in [3.63, 3.8) is 0 Å². The van der Waals surface area contributed by atoms with Crippen LogP contribution in [0.4, 0.5) is 0 Å². The number of rotatable bonds is 6. The van der Waals surface area contributed by atoms with Crippen molar-refractivity contribution in [3.8, 4) is 0 Å². The highest BCUT2D eigenvalue weighted by Gasteiger charge is 2.25. The lowest BCUT2D eigenvalue weighted by Gasteiger charge is -2.21. The SMILES string of the molecule is CCc1nc(C)c(C(=O)N2CCCN(CCCc3ccccc3)CC2)o1. The molecule has 2 heterocycles. The van der Waals surface area contributed by atoms with E-state index in [-0.39, 0.29) is 5.91 Å². The number of hydrogen-bond donors (Lipinski definition) is 0. The number of benzene rings is 1. The van der Waals surface area contributed by atoms with Crippen LogP contribution >= 0.6 is 0 Å². The summed E-state index contributed by atoms with van der Waals surface area (Å²) in [5.41, 5.74) is 2.10. The first-order valence-corrected chi connectivity index (χ1v) is 9.69. The molecular formula is C21H29N3O2. The van der Waals surface area contributed by atoms with Crippen molar-refractivity contribution in [1.29, 1.82) is 0 Å². The Hall–Kier alpha value is -2.14. The third-order valence-electron chi connectivity index (χ3n) is 5.00. The second-order valence-corrected chi connectivity index (χ2v) is 6.95. The Morgan fingerprint density at radius 1 is 1.15 bits per heavy atom. The van der Waals surface area contributed by atoms with Crippen LogP contribution in [0.1, 0.15) is 47.5 Å². The fourth-order valence-corrected chi connectivity index (χ4v) is 3.49. The zero-order valence-corrected chi connectivity index (χ0v) is 15.9. The van der Waals surface area contributed by atoms with Crippen LogP contribution < -0.4 is 0 Å². The predicted molar refractivity (Wildman–Crippen MR) is 102 cm³/mol. The summed E-state index contributed by atoms with van der Waals surface area (Å²) in [6, 6.07) is 10.6. The van der Waals surface area contributed by atoms with Crippen molar-refractivity contribution < 1.29 is 9.21 Å². The Labute approximate surface area is 156 Å². The molecule has 1 aliphatic heterocycles. The fourth-order valence-electron chi connectivity index (χ4n) is 3.49. The molecule has 0 spiro atoms. The van der Waals surface area contributed by atoms with Gasteiger partial charge < -0.3 is 14.2 Å². The first kappa shape index (κ1) is 18.6. The summed E-state index contributed by atoms with van der Waals surface area (Å²) in [6.07, 6.45) is 3.98. The zero-order chi connectivity index (χ0) is 18.4. The highest BCUT2D eigenvalue weighted by Crippen LogP contribution is 2.15. The van der Waals surface area contributed by atoms with Gasteiger partial charge >= 0.3 is 0 Å². The molecule has 0 aliphatic carbocycles. The Morgan fingerprint density at radius 3 is 2.69 bits per heavy atom. The first-order valence-electron chi connectivity index (χ1n) is 9.69. The van der Waals surface area contributed by atoms with Gasteiger partial charge in [0, 0.05) is 26.1 Å². The third-order valence-corrected chi connectivity index (χ3v) is 5.00. The molecule has 1 aromatic heterocycles. The van der Waals surface area contributed by atoms with Crippen LogP contribution in [0.5, 0.6) is 0 Å². The van der Waals surface area contributed by atoms with Crippen molar-refractivity contribution in [2.45, 2.75) is 39.5 Å². The van der Waals surface area contributed by atoms with E-state index in [1.807, 2.05) is 18.7 Å². The lowest BCUT2D eigenvalue weighted by atomic mass is 10.1. The number of aryl methyl sites for hydroxylation is 3. The molecular weight excluding hydrogens is 326 g/mol. The normalized spacial score (nSPS) is 15.8. The lowest BCUT2D eigenvalue weighted by Crippen LogP contribution is -2.35. The van der Waals surface area contributed by atoms with Crippen LogP contribution in [0.3, 0.4) is 0 Å². The van der Waals surface area contributed by atoms with Crippen molar-refractivity contribution in [3.05, 3.63) is 53.2 Å². The zero-order valence-electron chi connectivity index (χ0n) is 15.9. The molecule has 0 radical (unpaired) electrons. The minimum Gasteiger partial charge on any atom is -0.435 e. The average molecular weight is 355 g/mol. The maximum Gasteiger partial charge on any atom is 0.291 e. The predicted octanol–water partition coefficient (Wildman–Crippen LogP) is 3.33. The molecule has 1 saturated heterocycles. The molecule has 5 heteroatoms. The van der Waals surface area contributed by atoms with Crippen molar-refractivity contribution in [2.75, 3.05) is 32.7 Å². The molecule has 1 aromatic carbocycles. The van der Waals surface area contributed by atoms with Crippen LogP contribution in [0.2, 0.25) is 0 Å². The van der Waals surface area contributed by atoms with Gasteiger partial charge in [-0.2, -0.15) is 0 Å². The molecule has 26 heavy (non-hydrogen) atoms. The number of nitrogens with zero attached hydrogens (tertiary/aromatic N) is 3. The summed E-state index contributed by atoms with van der Waals surface area (Å²) in [4.78, 5) is 21.5. The van der Waals surface area contributed by atoms with Gasteiger partial charge in [0.25, 0.3) is 5.91 Å². The van der Waals surface area contributed by atoms with Crippen molar-refractivity contribution >= 4 is 5.91 Å². The van der Waals surface area contributed by atoms with E-state index < -0.39 is 0 Å². The van der Waals surface area contributed by atoms with E-state index in [1.165, 1.54) is 5.56 Å². The number of aromatic nitrogens is 1. The largest absolute Gasteiger partial charge is 0.435 e. The first-order chi connectivity index (χ1) is 12.7. The molecule has 0 atom stereocenters. The summed E-state index contributed by atoms with van der Waals surface area (Å²) >= 11 is 0. The Morgan fingerprint density at radius 2 is 1.96 bits per heavy atom. The van der Waals surface area contributed by atoms with E-state index in [1.54, 1.807) is 0 Å². The van der Waals surface area contributed by atoms with Gasteiger partial charge in [0.2, 0.25) is 5.76 Å². The highest BCUT2D eigenvalue weighted by atomic mass is 16.4. The lowest BCUT2D eigenvalue weighted by molar-refractivity contribution is 0.0726. The third kappa shape index (κ3) is 4.73. The molecule has 1 fully saturated rings.